The molecule has 0 radical (unpaired) electrons. The van der Waals surface area contributed by atoms with Crippen molar-refractivity contribution in [3.05, 3.63) is 93.8 Å². The Morgan fingerprint density at radius 1 is 0.893 bits per heavy atom. The standard InChI is InChI=1S/C22H16BrN3O2/c1-28-21-12-5-2-8-15(21)16-14-19(18-10-6-7-13-24-18)25-26(22(16)27)20-11-4-3-9-17(20)23/h2-14H,1H3. The number of benzene rings is 2. The minimum absolute atomic E-state index is 0.240. The second-order valence-corrected chi connectivity index (χ2v) is 6.88. The average Bonchev–Trinajstić information content (AvgIpc) is 2.75. The Kier molecular flexibility index (Phi) is 5.04. The van der Waals surface area contributed by atoms with Gasteiger partial charge < -0.3 is 4.74 Å². The van der Waals surface area contributed by atoms with Crippen LogP contribution in [0.15, 0.2) is 88.3 Å². The third kappa shape index (κ3) is 3.34. The van der Waals surface area contributed by atoms with E-state index in [1.807, 2.05) is 66.7 Å². The molecule has 2 aromatic carbocycles. The molecule has 4 rings (SSSR count). The molecule has 0 aliphatic heterocycles. The number of aromatic nitrogens is 3. The first-order valence-corrected chi connectivity index (χ1v) is 9.42. The highest BCUT2D eigenvalue weighted by atomic mass is 79.9. The number of hydrogen-bond acceptors (Lipinski definition) is 4. The highest BCUT2D eigenvalue weighted by Crippen LogP contribution is 2.30. The lowest BCUT2D eigenvalue weighted by molar-refractivity contribution is 0.416. The zero-order valence-corrected chi connectivity index (χ0v) is 16.6. The van der Waals surface area contributed by atoms with Crippen LogP contribution in [0.1, 0.15) is 0 Å². The first-order chi connectivity index (χ1) is 13.7. The van der Waals surface area contributed by atoms with Gasteiger partial charge >= 0.3 is 0 Å². The molecule has 28 heavy (non-hydrogen) atoms. The Morgan fingerprint density at radius 3 is 2.39 bits per heavy atom. The van der Waals surface area contributed by atoms with E-state index in [1.54, 1.807) is 19.4 Å². The Bertz CT molecular complexity index is 1190. The molecule has 0 fully saturated rings. The number of ether oxygens (including phenoxy) is 1. The van der Waals surface area contributed by atoms with Crippen molar-refractivity contribution in [1.82, 2.24) is 14.8 Å². The van der Waals surface area contributed by atoms with Gasteiger partial charge in [-0.1, -0.05) is 36.4 Å². The second kappa shape index (κ2) is 7.78. The predicted octanol–water partition coefficient (Wildman–Crippen LogP) is 4.73. The molecule has 0 amide bonds. The minimum atomic E-state index is -0.240. The molecule has 0 saturated heterocycles. The normalized spacial score (nSPS) is 10.6. The molecule has 2 aromatic heterocycles. The molecule has 0 aliphatic carbocycles. The van der Waals surface area contributed by atoms with E-state index in [4.69, 9.17) is 4.74 Å². The molecule has 0 N–H and O–H groups in total. The molecule has 0 spiro atoms. The quantitative estimate of drug-likeness (QED) is 0.466. The summed E-state index contributed by atoms with van der Waals surface area (Å²) in [6, 6.07) is 22.3. The zero-order chi connectivity index (χ0) is 19.5. The maximum atomic E-state index is 13.4. The van der Waals surface area contributed by atoms with E-state index < -0.39 is 0 Å². The molecule has 6 heteroatoms. The molecule has 0 atom stereocenters. The Morgan fingerprint density at radius 2 is 1.64 bits per heavy atom. The fourth-order valence-corrected chi connectivity index (χ4v) is 3.43. The van der Waals surface area contributed by atoms with E-state index in [-0.39, 0.29) is 5.56 Å². The molecular weight excluding hydrogens is 418 g/mol. The summed E-state index contributed by atoms with van der Waals surface area (Å²) in [6.45, 7) is 0. The fourth-order valence-electron chi connectivity index (χ4n) is 2.98. The molecular formula is C22H16BrN3O2. The summed E-state index contributed by atoms with van der Waals surface area (Å²) < 4.78 is 7.65. The molecule has 0 saturated carbocycles. The van der Waals surface area contributed by atoms with Gasteiger partial charge in [0.1, 0.15) is 11.4 Å². The topological polar surface area (TPSA) is 57.0 Å². The van der Waals surface area contributed by atoms with Crippen molar-refractivity contribution < 1.29 is 4.74 Å². The molecule has 0 aliphatic rings. The van der Waals surface area contributed by atoms with Crippen LogP contribution < -0.4 is 10.3 Å². The first-order valence-electron chi connectivity index (χ1n) is 8.63. The van der Waals surface area contributed by atoms with Gasteiger partial charge in [-0.2, -0.15) is 9.78 Å². The number of hydrogen-bond donors (Lipinski definition) is 0. The van der Waals surface area contributed by atoms with Gasteiger partial charge in [0.15, 0.2) is 0 Å². The van der Waals surface area contributed by atoms with Crippen molar-refractivity contribution in [1.29, 1.82) is 0 Å². The van der Waals surface area contributed by atoms with Crippen LogP contribution in [0.5, 0.6) is 5.75 Å². The summed E-state index contributed by atoms with van der Waals surface area (Å²) in [5.41, 5.74) is 2.88. The molecule has 138 valence electrons. The van der Waals surface area contributed by atoms with Crippen molar-refractivity contribution in [2.45, 2.75) is 0 Å². The van der Waals surface area contributed by atoms with Crippen molar-refractivity contribution in [2.75, 3.05) is 7.11 Å². The number of halogens is 1. The van der Waals surface area contributed by atoms with Crippen molar-refractivity contribution in [2.24, 2.45) is 0 Å². The van der Waals surface area contributed by atoms with Crippen LogP contribution in [0.2, 0.25) is 0 Å². The second-order valence-electron chi connectivity index (χ2n) is 6.03. The van der Waals surface area contributed by atoms with Crippen molar-refractivity contribution in [3.63, 3.8) is 0 Å². The number of para-hydroxylation sites is 2. The van der Waals surface area contributed by atoms with Gasteiger partial charge in [-0.25, -0.2) is 0 Å². The molecule has 5 nitrogen and oxygen atoms in total. The SMILES string of the molecule is COc1ccccc1-c1cc(-c2ccccn2)nn(-c2ccccc2Br)c1=O. The number of rotatable bonds is 4. The van der Waals surface area contributed by atoms with Gasteiger partial charge in [0, 0.05) is 16.2 Å². The molecule has 2 heterocycles. The summed E-state index contributed by atoms with van der Waals surface area (Å²) >= 11 is 3.52. The van der Waals surface area contributed by atoms with E-state index in [0.717, 1.165) is 4.47 Å². The molecule has 4 aromatic rings. The van der Waals surface area contributed by atoms with Crippen molar-refractivity contribution >= 4 is 15.9 Å². The minimum Gasteiger partial charge on any atom is -0.496 e. The first kappa shape index (κ1) is 18.1. The fraction of sp³-hybridized carbons (Fsp3) is 0.0455. The Hall–Kier alpha value is -3.25. The lowest BCUT2D eigenvalue weighted by Crippen LogP contribution is -2.24. The van der Waals surface area contributed by atoms with Crippen LogP contribution in [0, 0.1) is 0 Å². The van der Waals surface area contributed by atoms with Crippen LogP contribution in [-0.2, 0) is 0 Å². The molecule has 0 unspecified atom stereocenters. The lowest BCUT2D eigenvalue weighted by Gasteiger charge is -2.13. The summed E-state index contributed by atoms with van der Waals surface area (Å²) in [4.78, 5) is 17.8. The summed E-state index contributed by atoms with van der Waals surface area (Å²) in [5.74, 6) is 0.622. The number of methoxy groups -OCH3 is 1. The highest BCUT2D eigenvalue weighted by molar-refractivity contribution is 9.10. The van der Waals surface area contributed by atoms with Gasteiger partial charge in [-0.15, -0.1) is 0 Å². The van der Waals surface area contributed by atoms with Gasteiger partial charge in [0.25, 0.3) is 5.56 Å². The van der Waals surface area contributed by atoms with Gasteiger partial charge in [-0.3, -0.25) is 9.78 Å². The van der Waals surface area contributed by atoms with Crippen LogP contribution in [0.4, 0.5) is 0 Å². The third-order valence-corrected chi connectivity index (χ3v) is 4.99. The number of nitrogens with zero attached hydrogens (tertiary/aromatic N) is 3. The van der Waals surface area contributed by atoms with E-state index in [2.05, 4.69) is 26.0 Å². The lowest BCUT2D eigenvalue weighted by atomic mass is 10.0. The van der Waals surface area contributed by atoms with Gasteiger partial charge in [0.2, 0.25) is 0 Å². The summed E-state index contributed by atoms with van der Waals surface area (Å²) in [6.07, 6.45) is 1.70. The Labute approximate surface area is 170 Å². The largest absolute Gasteiger partial charge is 0.496 e. The zero-order valence-electron chi connectivity index (χ0n) is 15.0. The summed E-state index contributed by atoms with van der Waals surface area (Å²) in [5, 5.41) is 4.59. The third-order valence-electron chi connectivity index (χ3n) is 4.32. The Balaban J connectivity index is 2.05. The van der Waals surface area contributed by atoms with E-state index >= 15 is 0 Å². The predicted molar refractivity (Wildman–Crippen MR) is 113 cm³/mol. The van der Waals surface area contributed by atoms with Gasteiger partial charge in [0.05, 0.1) is 24.1 Å². The maximum Gasteiger partial charge on any atom is 0.279 e. The van der Waals surface area contributed by atoms with Crippen LogP contribution in [-0.4, -0.2) is 21.9 Å². The van der Waals surface area contributed by atoms with Gasteiger partial charge in [-0.05, 0) is 52.3 Å². The van der Waals surface area contributed by atoms with E-state index in [0.29, 0.717) is 34.0 Å². The average molecular weight is 434 g/mol. The van der Waals surface area contributed by atoms with E-state index in [1.165, 1.54) is 4.68 Å². The monoisotopic (exact) mass is 433 g/mol. The highest BCUT2D eigenvalue weighted by Gasteiger charge is 2.17. The van der Waals surface area contributed by atoms with Crippen LogP contribution in [0.3, 0.4) is 0 Å². The summed E-state index contributed by atoms with van der Waals surface area (Å²) in [7, 11) is 1.59. The maximum absolute atomic E-state index is 13.4. The van der Waals surface area contributed by atoms with Crippen molar-refractivity contribution in [3.8, 4) is 34.0 Å². The smallest absolute Gasteiger partial charge is 0.279 e. The van der Waals surface area contributed by atoms with E-state index in [9.17, 15) is 4.79 Å². The van der Waals surface area contributed by atoms with Crippen LogP contribution >= 0.6 is 15.9 Å². The molecule has 0 bridgehead atoms. The van der Waals surface area contributed by atoms with Crippen LogP contribution in [0.25, 0.3) is 28.2 Å². The number of pyridine rings is 1.